The number of H-pyrrole nitrogens is 1. The Hall–Kier alpha value is -3.72. The van der Waals surface area contributed by atoms with Crippen molar-refractivity contribution in [2.45, 2.75) is 0 Å². The first-order chi connectivity index (χ1) is 15.8. The molecule has 1 fully saturated rings. The third-order valence-electron chi connectivity index (χ3n) is 5.51. The van der Waals surface area contributed by atoms with Gasteiger partial charge in [-0.1, -0.05) is 23.7 Å². The average molecular weight is 471 g/mol. The summed E-state index contributed by atoms with van der Waals surface area (Å²) in [5, 5.41) is 2.91. The molecular formula is C23H20ClFN4O4. The van der Waals surface area contributed by atoms with Crippen molar-refractivity contribution < 1.29 is 18.8 Å². The van der Waals surface area contributed by atoms with E-state index in [9.17, 15) is 23.6 Å². The molecule has 0 aliphatic carbocycles. The highest BCUT2D eigenvalue weighted by atomic mass is 35.5. The average Bonchev–Trinajstić information content (AvgIpc) is 2.82. The SMILES string of the molecule is O=C(NCC(=O)N1CCN(C(=O)c2ccc(F)cc2Cl)CC1)c1c[nH]c2ccccc2c1=O. The fourth-order valence-electron chi connectivity index (χ4n) is 3.69. The van der Waals surface area contributed by atoms with Gasteiger partial charge in [0.05, 0.1) is 17.1 Å². The number of carbonyl (C=O) groups is 3. The van der Waals surface area contributed by atoms with Crippen LogP contribution in [0.2, 0.25) is 5.02 Å². The van der Waals surface area contributed by atoms with Crippen molar-refractivity contribution in [1.29, 1.82) is 0 Å². The summed E-state index contributed by atoms with van der Waals surface area (Å²) in [6.07, 6.45) is 1.33. The van der Waals surface area contributed by atoms with Crippen molar-refractivity contribution in [1.82, 2.24) is 20.1 Å². The molecule has 170 valence electrons. The number of para-hydroxylation sites is 1. The molecule has 1 saturated heterocycles. The van der Waals surface area contributed by atoms with Crippen LogP contribution in [0.25, 0.3) is 10.9 Å². The second-order valence-corrected chi connectivity index (χ2v) is 7.96. The lowest BCUT2D eigenvalue weighted by Gasteiger charge is -2.35. The predicted octanol–water partition coefficient (Wildman–Crippen LogP) is 2.04. The van der Waals surface area contributed by atoms with Gasteiger partial charge in [-0.25, -0.2) is 4.39 Å². The monoisotopic (exact) mass is 470 g/mol. The maximum atomic E-state index is 13.2. The van der Waals surface area contributed by atoms with Crippen LogP contribution in [0.1, 0.15) is 20.7 Å². The number of carbonyl (C=O) groups excluding carboxylic acids is 3. The van der Waals surface area contributed by atoms with Gasteiger partial charge in [-0.15, -0.1) is 0 Å². The maximum Gasteiger partial charge on any atom is 0.257 e. The van der Waals surface area contributed by atoms with E-state index in [1.807, 2.05) is 0 Å². The lowest BCUT2D eigenvalue weighted by molar-refractivity contribution is -0.131. The fourth-order valence-corrected chi connectivity index (χ4v) is 3.94. The van der Waals surface area contributed by atoms with Crippen molar-refractivity contribution >= 4 is 40.2 Å². The second kappa shape index (κ2) is 9.41. The minimum atomic E-state index is -0.643. The molecule has 0 bridgehead atoms. The van der Waals surface area contributed by atoms with Crippen LogP contribution in [0.3, 0.4) is 0 Å². The maximum absolute atomic E-state index is 13.2. The zero-order valence-electron chi connectivity index (χ0n) is 17.4. The third-order valence-corrected chi connectivity index (χ3v) is 5.83. The molecule has 0 saturated carbocycles. The molecule has 1 aromatic heterocycles. The Balaban J connectivity index is 1.32. The Bertz CT molecular complexity index is 1300. The van der Waals surface area contributed by atoms with Gasteiger partial charge in [-0.05, 0) is 30.3 Å². The van der Waals surface area contributed by atoms with Crippen molar-refractivity contribution in [2.24, 2.45) is 0 Å². The topological polar surface area (TPSA) is 103 Å². The molecule has 2 N–H and O–H groups in total. The van der Waals surface area contributed by atoms with Crippen LogP contribution >= 0.6 is 11.6 Å². The lowest BCUT2D eigenvalue weighted by atomic mass is 10.1. The minimum absolute atomic E-state index is 0.0323. The molecule has 0 spiro atoms. The van der Waals surface area contributed by atoms with Crippen LogP contribution in [0.5, 0.6) is 0 Å². The van der Waals surface area contributed by atoms with E-state index < -0.39 is 17.2 Å². The van der Waals surface area contributed by atoms with Gasteiger partial charge in [0.1, 0.15) is 11.4 Å². The predicted molar refractivity (Wildman–Crippen MR) is 121 cm³/mol. The molecule has 10 heteroatoms. The van der Waals surface area contributed by atoms with Gasteiger partial charge in [0, 0.05) is 43.3 Å². The van der Waals surface area contributed by atoms with E-state index in [4.69, 9.17) is 11.6 Å². The van der Waals surface area contributed by atoms with Crippen LogP contribution in [-0.4, -0.2) is 65.2 Å². The Morgan fingerprint density at radius 2 is 1.70 bits per heavy atom. The van der Waals surface area contributed by atoms with Gasteiger partial charge >= 0.3 is 0 Å². The van der Waals surface area contributed by atoms with Crippen molar-refractivity contribution in [3.8, 4) is 0 Å². The second-order valence-electron chi connectivity index (χ2n) is 7.56. The molecule has 2 aromatic carbocycles. The van der Waals surface area contributed by atoms with E-state index in [1.54, 1.807) is 24.3 Å². The summed E-state index contributed by atoms with van der Waals surface area (Å²) >= 11 is 5.97. The van der Waals surface area contributed by atoms with Gasteiger partial charge in [-0.2, -0.15) is 0 Å². The molecule has 3 aromatic rings. The summed E-state index contributed by atoms with van der Waals surface area (Å²) in [5.74, 6) is -1.83. The van der Waals surface area contributed by atoms with Gasteiger partial charge in [0.25, 0.3) is 11.8 Å². The number of fused-ring (bicyclic) bond motifs is 1. The van der Waals surface area contributed by atoms with Gasteiger partial charge < -0.3 is 20.1 Å². The van der Waals surface area contributed by atoms with Crippen molar-refractivity contribution in [3.63, 3.8) is 0 Å². The largest absolute Gasteiger partial charge is 0.360 e. The summed E-state index contributed by atoms with van der Waals surface area (Å²) in [6, 6.07) is 10.4. The summed E-state index contributed by atoms with van der Waals surface area (Å²) in [6.45, 7) is 0.821. The number of rotatable bonds is 4. The number of pyridine rings is 1. The molecule has 8 nitrogen and oxygen atoms in total. The third kappa shape index (κ3) is 4.73. The summed E-state index contributed by atoms with van der Waals surface area (Å²) in [7, 11) is 0. The highest BCUT2D eigenvalue weighted by Gasteiger charge is 2.26. The van der Waals surface area contributed by atoms with E-state index >= 15 is 0 Å². The normalized spacial score (nSPS) is 13.8. The highest BCUT2D eigenvalue weighted by molar-refractivity contribution is 6.33. The molecule has 3 amide bonds. The smallest absolute Gasteiger partial charge is 0.257 e. The summed E-state index contributed by atoms with van der Waals surface area (Å²) in [5.41, 5.74) is 0.323. The van der Waals surface area contributed by atoms with Crippen molar-refractivity contribution in [2.75, 3.05) is 32.7 Å². The Labute approximate surface area is 192 Å². The minimum Gasteiger partial charge on any atom is -0.360 e. The van der Waals surface area contributed by atoms with Crippen LogP contribution in [0.4, 0.5) is 4.39 Å². The Morgan fingerprint density at radius 1 is 1.00 bits per heavy atom. The van der Waals surface area contributed by atoms with E-state index in [0.29, 0.717) is 10.9 Å². The number of aromatic nitrogens is 1. The highest BCUT2D eigenvalue weighted by Crippen LogP contribution is 2.20. The lowest BCUT2D eigenvalue weighted by Crippen LogP contribution is -2.52. The number of nitrogens with one attached hydrogen (secondary N) is 2. The number of benzene rings is 2. The number of amides is 3. The molecule has 4 rings (SSSR count). The van der Waals surface area contributed by atoms with E-state index in [0.717, 1.165) is 6.07 Å². The quantitative estimate of drug-likeness (QED) is 0.609. The fraction of sp³-hybridized carbons (Fsp3) is 0.217. The molecule has 1 aliphatic rings. The summed E-state index contributed by atoms with van der Waals surface area (Å²) in [4.78, 5) is 56.1. The molecule has 0 radical (unpaired) electrons. The van der Waals surface area contributed by atoms with Crippen LogP contribution in [0.15, 0.2) is 53.5 Å². The first kappa shape index (κ1) is 22.5. The molecule has 33 heavy (non-hydrogen) atoms. The molecule has 2 heterocycles. The van der Waals surface area contributed by atoms with Crippen LogP contribution in [0, 0.1) is 5.82 Å². The van der Waals surface area contributed by atoms with E-state index in [1.165, 1.54) is 28.1 Å². The molecular weight excluding hydrogens is 451 g/mol. The van der Waals surface area contributed by atoms with Crippen LogP contribution < -0.4 is 10.7 Å². The molecule has 0 unspecified atom stereocenters. The van der Waals surface area contributed by atoms with Gasteiger partial charge in [-0.3, -0.25) is 19.2 Å². The number of halogens is 2. The van der Waals surface area contributed by atoms with E-state index in [2.05, 4.69) is 10.3 Å². The first-order valence-electron chi connectivity index (χ1n) is 10.3. The van der Waals surface area contributed by atoms with Gasteiger partial charge in [0.15, 0.2) is 0 Å². The zero-order chi connectivity index (χ0) is 23.5. The molecule has 1 aliphatic heterocycles. The summed E-state index contributed by atoms with van der Waals surface area (Å²) < 4.78 is 13.2. The van der Waals surface area contributed by atoms with Crippen LogP contribution in [-0.2, 0) is 4.79 Å². The number of nitrogens with zero attached hydrogens (tertiary/aromatic N) is 2. The van der Waals surface area contributed by atoms with Crippen molar-refractivity contribution in [3.05, 3.63) is 80.9 Å². The molecule has 0 atom stereocenters. The standard InChI is InChI=1S/C23H20ClFN4O4/c24-18-11-14(25)5-6-15(18)23(33)29-9-7-28(8-10-29)20(30)13-27-22(32)17-12-26-19-4-2-1-3-16(19)21(17)31/h1-6,11-12H,7-10,13H2,(H,26,31)(H,27,32). The number of piperazine rings is 1. The van der Waals surface area contributed by atoms with E-state index in [-0.39, 0.29) is 60.7 Å². The zero-order valence-corrected chi connectivity index (χ0v) is 18.2. The number of aromatic amines is 1. The number of hydrogen-bond donors (Lipinski definition) is 2. The Morgan fingerprint density at radius 3 is 2.42 bits per heavy atom. The first-order valence-corrected chi connectivity index (χ1v) is 10.6. The number of hydrogen-bond acceptors (Lipinski definition) is 4. The Kier molecular flexibility index (Phi) is 6.41. The van der Waals surface area contributed by atoms with Gasteiger partial charge in [0.2, 0.25) is 11.3 Å².